The number of piperidine rings is 1. The van der Waals surface area contributed by atoms with Crippen LogP contribution in [0.4, 0.5) is 5.82 Å². The summed E-state index contributed by atoms with van der Waals surface area (Å²) in [6, 6.07) is 3.49. The fourth-order valence-corrected chi connectivity index (χ4v) is 2.22. The highest BCUT2D eigenvalue weighted by atomic mass is 16.2. The average Bonchev–Trinajstić information content (AvgIpc) is 2.33. The lowest BCUT2D eigenvalue weighted by molar-refractivity contribution is -0.153. The number of rotatable bonds is 3. The van der Waals surface area contributed by atoms with Crippen LogP contribution in [0.25, 0.3) is 0 Å². The molecule has 6 nitrogen and oxygen atoms in total. The van der Waals surface area contributed by atoms with Gasteiger partial charge in [0, 0.05) is 19.0 Å². The molecule has 2 rings (SSSR count). The van der Waals surface area contributed by atoms with Crippen molar-refractivity contribution in [3.8, 4) is 0 Å². The third-order valence-electron chi connectivity index (χ3n) is 3.17. The molecule has 0 bridgehead atoms. The van der Waals surface area contributed by atoms with Crippen molar-refractivity contribution in [1.82, 2.24) is 9.88 Å². The first-order chi connectivity index (χ1) is 8.91. The van der Waals surface area contributed by atoms with Crippen LogP contribution in [-0.4, -0.2) is 21.7 Å². The van der Waals surface area contributed by atoms with Crippen LogP contribution in [0, 0.1) is 5.41 Å². The van der Waals surface area contributed by atoms with Gasteiger partial charge in [-0.05, 0) is 23.1 Å². The number of hydrazine groups is 1. The van der Waals surface area contributed by atoms with E-state index in [9.17, 15) is 9.59 Å². The van der Waals surface area contributed by atoms with Gasteiger partial charge in [-0.2, -0.15) is 0 Å². The number of nitrogens with two attached hydrogens (primary N) is 1. The molecule has 1 aliphatic rings. The van der Waals surface area contributed by atoms with E-state index in [-0.39, 0.29) is 23.8 Å². The SMILES string of the molecule is CC1(C)CC(=O)N(Cc2ccnc(NN)c2)C(=O)C1. The summed E-state index contributed by atoms with van der Waals surface area (Å²) >= 11 is 0. The molecule has 0 radical (unpaired) electrons. The number of hydrogen-bond donors (Lipinski definition) is 2. The van der Waals surface area contributed by atoms with Crippen LogP contribution in [-0.2, 0) is 16.1 Å². The first-order valence-corrected chi connectivity index (χ1v) is 6.16. The summed E-state index contributed by atoms with van der Waals surface area (Å²) in [5.74, 6) is 5.54. The van der Waals surface area contributed by atoms with E-state index >= 15 is 0 Å². The molecule has 1 aromatic rings. The van der Waals surface area contributed by atoms with Gasteiger partial charge in [-0.3, -0.25) is 14.5 Å². The summed E-state index contributed by atoms with van der Waals surface area (Å²) in [7, 11) is 0. The molecule has 1 aliphatic heterocycles. The molecule has 0 aromatic carbocycles. The van der Waals surface area contributed by atoms with Crippen molar-refractivity contribution in [1.29, 1.82) is 0 Å². The van der Waals surface area contributed by atoms with Crippen molar-refractivity contribution in [3.63, 3.8) is 0 Å². The maximum Gasteiger partial charge on any atom is 0.230 e. The predicted molar refractivity (Wildman–Crippen MR) is 70.6 cm³/mol. The van der Waals surface area contributed by atoms with Crippen LogP contribution in [0.5, 0.6) is 0 Å². The Morgan fingerprint density at radius 3 is 2.58 bits per heavy atom. The van der Waals surface area contributed by atoms with Crippen molar-refractivity contribution in [3.05, 3.63) is 23.9 Å². The fourth-order valence-electron chi connectivity index (χ4n) is 2.22. The zero-order chi connectivity index (χ0) is 14.0. The molecule has 1 fully saturated rings. The summed E-state index contributed by atoms with van der Waals surface area (Å²) in [6.07, 6.45) is 2.38. The number of amides is 2. The fraction of sp³-hybridized carbons (Fsp3) is 0.462. The van der Waals surface area contributed by atoms with Crippen LogP contribution in [0.15, 0.2) is 18.3 Å². The number of nitrogen functional groups attached to an aromatic ring is 1. The Kier molecular flexibility index (Phi) is 3.53. The van der Waals surface area contributed by atoms with Crippen LogP contribution in [0.3, 0.4) is 0 Å². The number of nitrogens with zero attached hydrogens (tertiary/aromatic N) is 2. The molecule has 2 amide bonds. The molecule has 3 N–H and O–H groups in total. The van der Waals surface area contributed by atoms with Gasteiger partial charge in [-0.25, -0.2) is 10.8 Å². The molecule has 1 aromatic heterocycles. The van der Waals surface area contributed by atoms with Gasteiger partial charge in [0.25, 0.3) is 0 Å². The number of carbonyl (C=O) groups is 2. The third kappa shape index (κ3) is 3.08. The highest BCUT2D eigenvalue weighted by Gasteiger charge is 2.37. The van der Waals surface area contributed by atoms with E-state index in [0.717, 1.165) is 5.56 Å². The second kappa shape index (κ2) is 4.97. The van der Waals surface area contributed by atoms with Gasteiger partial charge in [0.05, 0.1) is 6.54 Å². The van der Waals surface area contributed by atoms with Crippen molar-refractivity contribution in [2.24, 2.45) is 11.3 Å². The zero-order valence-electron chi connectivity index (χ0n) is 11.1. The van der Waals surface area contributed by atoms with Crippen LogP contribution in [0.2, 0.25) is 0 Å². The maximum absolute atomic E-state index is 12.0. The van der Waals surface area contributed by atoms with Crippen molar-refractivity contribution in [2.75, 3.05) is 5.43 Å². The highest BCUT2D eigenvalue weighted by Crippen LogP contribution is 2.32. The second-order valence-corrected chi connectivity index (χ2v) is 5.59. The monoisotopic (exact) mass is 262 g/mol. The van der Waals surface area contributed by atoms with Crippen molar-refractivity contribution >= 4 is 17.6 Å². The molecule has 0 unspecified atom stereocenters. The normalized spacial score (nSPS) is 18.6. The molecule has 0 saturated carbocycles. The molecule has 0 spiro atoms. The van der Waals surface area contributed by atoms with Crippen molar-refractivity contribution < 1.29 is 9.59 Å². The van der Waals surface area contributed by atoms with Gasteiger partial charge in [0.15, 0.2) is 0 Å². The molecule has 6 heteroatoms. The number of likely N-dealkylation sites (tertiary alicyclic amines) is 1. The molecule has 2 heterocycles. The summed E-state index contributed by atoms with van der Waals surface area (Å²) in [5.41, 5.74) is 3.02. The quantitative estimate of drug-likeness (QED) is 0.483. The Labute approximate surface area is 112 Å². The van der Waals surface area contributed by atoms with Crippen LogP contribution < -0.4 is 11.3 Å². The molecular formula is C13H18N4O2. The molecule has 0 aliphatic carbocycles. The smallest absolute Gasteiger partial charge is 0.230 e. The minimum absolute atomic E-state index is 0.125. The topological polar surface area (TPSA) is 88.3 Å². The lowest BCUT2D eigenvalue weighted by Gasteiger charge is -2.34. The number of nitrogens with one attached hydrogen (secondary N) is 1. The second-order valence-electron chi connectivity index (χ2n) is 5.59. The largest absolute Gasteiger partial charge is 0.308 e. The van der Waals surface area contributed by atoms with Gasteiger partial charge >= 0.3 is 0 Å². The first kappa shape index (κ1) is 13.5. The number of imide groups is 1. The Bertz CT molecular complexity index is 493. The van der Waals surface area contributed by atoms with E-state index in [2.05, 4.69) is 10.4 Å². The van der Waals surface area contributed by atoms with Gasteiger partial charge in [-0.1, -0.05) is 13.8 Å². The lowest BCUT2D eigenvalue weighted by Crippen LogP contribution is -2.45. The Morgan fingerprint density at radius 2 is 2.00 bits per heavy atom. The summed E-state index contributed by atoms with van der Waals surface area (Å²) < 4.78 is 0. The summed E-state index contributed by atoms with van der Waals surface area (Å²) in [6.45, 7) is 4.14. The molecular weight excluding hydrogens is 244 g/mol. The molecule has 102 valence electrons. The maximum atomic E-state index is 12.0. The van der Waals surface area contributed by atoms with E-state index in [4.69, 9.17) is 5.84 Å². The minimum Gasteiger partial charge on any atom is -0.308 e. The average molecular weight is 262 g/mol. The third-order valence-corrected chi connectivity index (χ3v) is 3.17. The Balaban J connectivity index is 2.14. The zero-order valence-corrected chi connectivity index (χ0v) is 11.1. The Hall–Kier alpha value is -1.95. The van der Waals surface area contributed by atoms with Crippen LogP contribution >= 0.6 is 0 Å². The number of anilines is 1. The standard InChI is InChI=1S/C13H18N4O2/c1-13(2)6-11(18)17(12(19)7-13)8-9-3-4-15-10(5-9)16-14/h3-5H,6-8,14H2,1-2H3,(H,15,16). The van der Waals surface area contributed by atoms with Crippen molar-refractivity contribution in [2.45, 2.75) is 33.2 Å². The van der Waals surface area contributed by atoms with E-state index in [1.165, 1.54) is 4.90 Å². The summed E-state index contributed by atoms with van der Waals surface area (Å²) in [4.78, 5) is 29.4. The highest BCUT2D eigenvalue weighted by molar-refractivity contribution is 5.98. The summed E-state index contributed by atoms with van der Waals surface area (Å²) in [5, 5.41) is 0. The number of hydrogen-bond acceptors (Lipinski definition) is 5. The number of pyridine rings is 1. The first-order valence-electron chi connectivity index (χ1n) is 6.16. The molecule has 19 heavy (non-hydrogen) atoms. The van der Waals surface area contributed by atoms with Gasteiger partial charge in [0.1, 0.15) is 5.82 Å². The predicted octanol–water partition coefficient (Wildman–Crippen LogP) is 1.04. The lowest BCUT2D eigenvalue weighted by atomic mass is 9.81. The molecule has 1 saturated heterocycles. The van der Waals surface area contributed by atoms with Gasteiger partial charge in [0.2, 0.25) is 11.8 Å². The van der Waals surface area contributed by atoms with Crippen LogP contribution in [0.1, 0.15) is 32.3 Å². The van der Waals surface area contributed by atoms with Gasteiger partial charge < -0.3 is 5.43 Å². The number of aromatic nitrogens is 1. The Morgan fingerprint density at radius 1 is 1.37 bits per heavy atom. The van der Waals surface area contributed by atoms with E-state index in [1.54, 1.807) is 18.3 Å². The van der Waals surface area contributed by atoms with E-state index in [1.807, 2.05) is 13.8 Å². The minimum atomic E-state index is -0.243. The number of carbonyl (C=O) groups excluding carboxylic acids is 2. The van der Waals surface area contributed by atoms with E-state index in [0.29, 0.717) is 18.7 Å². The van der Waals surface area contributed by atoms with Gasteiger partial charge in [-0.15, -0.1) is 0 Å². The molecule has 0 atom stereocenters. The van der Waals surface area contributed by atoms with E-state index < -0.39 is 0 Å².